The van der Waals surface area contributed by atoms with E-state index in [4.69, 9.17) is 4.74 Å². The van der Waals surface area contributed by atoms with E-state index in [-0.39, 0.29) is 36.4 Å². The summed E-state index contributed by atoms with van der Waals surface area (Å²) < 4.78 is 50.1. The number of piperazine rings is 2. The highest BCUT2D eigenvalue weighted by molar-refractivity contribution is 7.89. The number of aliphatic hydroxyl groups is 1. The molecule has 48 heavy (non-hydrogen) atoms. The molecule has 0 amide bonds. The molecule has 0 spiro atoms. The van der Waals surface area contributed by atoms with Gasteiger partial charge >= 0.3 is 5.97 Å². The van der Waals surface area contributed by atoms with Crippen LogP contribution in [0, 0.1) is 17.7 Å². The molecule has 2 aromatic rings. The van der Waals surface area contributed by atoms with Crippen molar-refractivity contribution >= 4 is 27.8 Å². The Morgan fingerprint density at radius 2 is 1.71 bits per heavy atom. The van der Waals surface area contributed by atoms with E-state index in [9.17, 15) is 18.3 Å². The number of hydrogen-bond donors (Lipinski definition) is 1. The van der Waals surface area contributed by atoms with E-state index < -0.39 is 34.0 Å². The highest BCUT2D eigenvalue weighted by Crippen LogP contribution is 2.29. The van der Waals surface area contributed by atoms with E-state index in [1.165, 1.54) is 33.5 Å². The Hall–Kier alpha value is -3.10. The van der Waals surface area contributed by atoms with E-state index in [1.54, 1.807) is 7.05 Å². The van der Waals surface area contributed by atoms with Crippen LogP contribution in [0.3, 0.4) is 0 Å². The molecule has 264 valence electrons. The van der Waals surface area contributed by atoms with Gasteiger partial charge in [-0.05, 0) is 62.1 Å². The van der Waals surface area contributed by atoms with Crippen molar-refractivity contribution in [3.05, 3.63) is 59.7 Å². The summed E-state index contributed by atoms with van der Waals surface area (Å²) in [6.45, 7) is 11.4. The number of cyclic esters (lactones) is 1. The molecule has 1 aromatic heterocycles. The summed E-state index contributed by atoms with van der Waals surface area (Å²) in [5, 5.41) is 14.7. The summed E-state index contributed by atoms with van der Waals surface area (Å²) in [4.78, 5) is 20.0. The van der Waals surface area contributed by atoms with Gasteiger partial charge in [-0.3, -0.25) is 14.4 Å². The number of benzene rings is 1. The third kappa shape index (κ3) is 8.92. The zero-order chi connectivity index (χ0) is 34.6. The monoisotopic (exact) mass is 686 g/mol. The van der Waals surface area contributed by atoms with Gasteiger partial charge in [0.25, 0.3) is 0 Å². The molecule has 4 heterocycles. The van der Waals surface area contributed by atoms with Crippen LogP contribution in [0.4, 0.5) is 10.1 Å². The average molecular weight is 687 g/mol. The number of likely N-dealkylation sites (N-methyl/N-ethyl adjacent to an activating group) is 1. The highest BCUT2D eigenvalue weighted by Gasteiger charge is 2.31. The number of carbonyl (C=O) groups is 1. The fourth-order valence-corrected chi connectivity index (χ4v) is 8.39. The molecule has 1 aromatic carbocycles. The molecule has 13 heteroatoms. The maximum Gasteiger partial charge on any atom is 0.309 e. The van der Waals surface area contributed by atoms with Gasteiger partial charge in [-0.25, -0.2) is 12.8 Å². The van der Waals surface area contributed by atoms with Crippen LogP contribution >= 0.6 is 0 Å². The number of sulfonamides is 1. The van der Waals surface area contributed by atoms with Crippen LogP contribution in [0.5, 0.6) is 0 Å². The van der Waals surface area contributed by atoms with Crippen molar-refractivity contribution in [1.82, 2.24) is 23.9 Å². The van der Waals surface area contributed by atoms with Crippen LogP contribution in [0.25, 0.3) is 6.08 Å². The number of halogens is 1. The first kappa shape index (κ1) is 36.2. The van der Waals surface area contributed by atoms with E-state index in [0.29, 0.717) is 36.7 Å². The lowest BCUT2D eigenvalue weighted by Crippen LogP contribution is -2.50. The van der Waals surface area contributed by atoms with Gasteiger partial charge in [-0.2, -0.15) is 9.40 Å². The number of carbonyl (C=O) groups excluding carboxylic acids is 1. The predicted octanol–water partition coefficient (Wildman–Crippen LogP) is 3.37. The third-order valence-corrected chi connectivity index (χ3v) is 11.8. The minimum absolute atomic E-state index is 0.0707. The lowest BCUT2D eigenvalue weighted by Gasteiger charge is -2.40. The van der Waals surface area contributed by atoms with Gasteiger partial charge in [0.1, 0.15) is 16.8 Å². The van der Waals surface area contributed by atoms with Crippen LogP contribution in [-0.4, -0.2) is 121 Å². The molecule has 0 bridgehead atoms. The van der Waals surface area contributed by atoms with Gasteiger partial charge in [0.05, 0.1) is 18.7 Å². The Labute approximate surface area is 284 Å². The Morgan fingerprint density at radius 3 is 2.38 bits per heavy atom. The summed E-state index contributed by atoms with van der Waals surface area (Å²) in [6.07, 6.45) is 8.96. The molecule has 0 unspecified atom stereocenters. The van der Waals surface area contributed by atoms with Gasteiger partial charge < -0.3 is 19.6 Å². The largest absolute Gasteiger partial charge is 0.457 e. The molecule has 0 saturated carbocycles. The number of aryl methyl sites for hydroxylation is 1. The number of nitrogens with zero attached hydrogens (tertiary/aromatic N) is 6. The molecule has 5 rings (SSSR count). The van der Waals surface area contributed by atoms with E-state index in [1.807, 2.05) is 30.9 Å². The highest BCUT2D eigenvalue weighted by atomic mass is 32.2. The number of aromatic nitrogens is 2. The van der Waals surface area contributed by atoms with Crippen LogP contribution in [0.2, 0.25) is 0 Å². The lowest BCUT2D eigenvalue weighted by molar-refractivity contribution is -0.151. The summed E-state index contributed by atoms with van der Waals surface area (Å²) in [7, 11) is 0.155. The van der Waals surface area contributed by atoms with Crippen molar-refractivity contribution in [2.24, 2.45) is 18.9 Å². The predicted molar refractivity (Wildman–Crippen MR) is 184 cm³/mol. The van der Waals surface area contributed by atoms with Crippen molar-refractivity contribution in [3.8, 4) is 0 Å². The summed E-state index contributed by atoms with van der Waals surface area (Å²) in [5.74, 6) is -0.719. The number of anilines is 1. The van der Waals surface area contributed by atoms with E-state index in [0.717, 1.165) is 38.2 Å². The molecule has 0 radical (unpaired) electrons. The Kier molecular flexibility index (Phi) is 11.8. The third-order valence-electron chi connectivity index (χ3n) is 9.92. The molecule has 0 aliphatic carbocycles. The summed E-state index contributed by atoms with van der Waals surface area (Å²) in [6, 6.07) is 4.99. The van der Waals surface area contributed by atoms with Crippen molar-refractivity contribution in [2.75, 3.05) is 64.3 Å². The molecule has 5 atom stereocenters. The average Bonchev–Trinajstić information content (AvgIpc) is 3.49. The van der Waals surface area contributed by atoms with Gasteiger partial charge in [0, 0.05) is 83.2 Å². The van der Waals surface area contributed by atoms with E-state index >= 15 is 4.39 Å². The van der Waals surface area contributed by atoms with Crippen molar-refractivity contribution in [3.63, 3.8) is 0 Å². The zero-order valence-corrected chi connectivity index (χ0v) is 29.6. The molecule has 2 saturated heterocycles. The van der Waals surface area contributed by atoms with Crippen molar-refractivity contribution < 1.29 is 27.4 Å². The minimum atomic E-state index is -3.66. The smallest absolute Gasteiger partial charge is 0.309 e. The fraction of sp³-hybridized carbons (Fsp3) is 0.600. The second kappa shape index (κ2) is 15.6. The quantitative estimate of drug-likeness (QED) is 0.361. The first-order valence-corrected chi connectivity index (χ1v) is 18.4. The van der Waals surface area contributed by atoms with Gasteiger partial charge in [-0.1, -0.05) is 32.1 Å². The van der Waals surface area contributed by atoms with Crippen LogP contribution in [0.15, 0.2) is 53.2 Å². The normalized spacial score (nSPS) is 28.8. The number of ether oxygens (including phenoxy) is 1. The number of hydrogen-bond acceptors (Lipinski definition) is 9. The molecule has 3 aliphatic rings. The molecule has 11 nitrogen and oxygen atoms in total. The second-order valence-corrected chi connectivity index (χ2v) is 15.7. The van der Waals surface area contributed by atoms with Crippen LogP contribution in [0.1, 0.15) is 45.6 Å². The SMILES string of the molecule is C/C(=C\c1cc(F)cc(N2CCN(S(=O)(=O)c3cnn(C)c3)CC2)c1)[C@H]1OC(=O)C[C@H](O)CC[C@H](C)[C@@H](N2CCN(C)CC2)/C=C/[C@@H]1C. The number of aliphatic hydroxyl groups excluding tert-OH is 1. The summed E-state index contributed by atoms with van der Waals surface area (Å²) >= 11 is 0. The number of esters is 1. The lowest BCUT2D eigenvalue weighted by atomic mass is 9.89. The van der Waals surface area contributed by atoms with Crippen LogP contribution in [-0.2, 0) is 26.6 Å². The zero-order valence-electron chi connectivity index (χ0n) is 28.8. The maximum absolute atomic E-state index is 15.0. The minimum Gasteiger partial charge on any atom is -0.457 e. The Bertz CT molecular complexity index is 1580. The first-order chi connectivity index (χ1) is 22.8. The molecular weight excluding hydrogens is 635 g/mol. The fourth-order valence-electron chi connectivity index (χ4n) is 6.98. The Morgan fingerprint density at radius 1 is 1.00 bits per heavy atom. The van der Waals surface area contributed by atoms with Crippen molar-refractivity contribution in [2.45, 2.75) is 63.2 Å². The molecule has 3 aliphatic heterocycles. The van der Waals surface area contributed by atoms with Gasteiger partial charge in [0.2, 0.25) is 10.0 Å². The molecular formula is C35H51FN6O5S. The molecule has 2 fully saturated rings. The number of rotatable bonds is 6. The molecule has 1 N–H and O–H groups in total. The van der Waals surface area contributed by atoms with Crippen LogP contribution < -0.4 is 4.90 Å². The summed E-state index contributed by atoms with van der Waals surface area (Å²) in [5.41, 5.74) is 2.04. The van der Waals surface area contributed by atoms with Gasteiger partial charge in [-0.15, -0.1) is 0 Å². The van der Waals surface area contributed by atoms with E-state index in [2.05, 4.69) is 41.0 Å². The van der Waals surface area contributed by atoms with Crippen molar-refractivity contribution in [1.29, 1.82) is 0 Å². The second-order valence-electron chi connectivity index (χ2n) is 13.8. The topological polar surface area (TPSA) is 111 Å². The standard InChI is InChI=1S/C35H51FN6O5S/c1-25-6-8-31(43)22-34(44)47-35(26(2)7-9-33(25)41-12-10-38(4)11-13-41)27(3)18-28-19-29(36)21-30(20-28)40-14-16-42(17-15-40)48(45,46)32-23-37-39(5)24-32/h7,9,18-21,23-26,31,33,35,43H,6,8,10-17,22H2,1-5H3/b9-7+,27-18+/t25-,26-,31+,33-,35-/m0/s1. The maximum atomic E-state index is 15.0. The first-order valence-electron chi connectivity index (χ1n) is 17.0. The Balaban J connectivity index is 1.34. The van der Waals surface area contributed by atoms with Gasteiger partial charge in [0.15, 0.2) is 0 Å².